The highest BCUT2D eigenvalue weighted by Crippen LogP contribution is 2.06. The van der Waals surface area contributed by atoms with Crippen LogP contribution in [0.15, 0.2) is 0 Å². The van der Waals surface area contributed by atoms with Crippen LogP contribution in [0.2, 0.25) is 0 Å². The normalized spacial score (nSPS) is 15.5. The molecule has 0 aromatic heterocycles. The zero-order valence-corrected chi connectivity index (χ0v) is 10.7. The van der Waals surface area contributed by atoms with Gasteiger partial charge in [0, 0.05) is 6.42 Å². The van der Waals surface area contributed by atoms with Crippen molar-refractivity contribution in [3.8, 4) is 0 Å². The van der Waals surface area contributed by atoms with Crippen LogP contribution in [0.4, 0.5) is 0 Å². The van der Waals surface area contributed by atoms with Crippen molar-refractivity contribution in [2.75, 3.05) is 0 Å². The van der Waals surface area contributed by atoms with Gasteiger partial charge in [-0.1, -0.05) is 20.3 Å². The Bertz CT molecular complexity index is 319. The SMILES string of the molecule is CCC(C)C(N)C(=O)N[C@H](CCC(N)=O)C(=O)O. The number of nitrogens with one attached hydrogen (secondary N) is 1. The van der Waals surface area contributed by atoms with Gasteiger partial charge in [-0.15, -0.1) is 0 Å². The highest BCUT2D eigenvalue weighted by molar-refractivity contribution is 5.87. The first kappa shape index (κ1) is 16.4. The number of carboxylic acid groups (broad SMARTS) is 1. The molecule has 0 radical (unpaired) electrons. The predicted octanol–water partition coefficient (Wildman–Crippen LogP) is -0.805. The van der Waals surface area contributed by atoms with Gasteiger partial charge in [0.25, 0.3) is 0 Å². The lowest BCUT2D eigenvalue weighted by atomic mass is 9.99. The minimum Gasteiger partial charge on any atom is -0.480 e. The fourth-order valence-corrected chi connectivity index (χ4v) is 1.32. The molecule has 0 rings (SSSR count). The van der Waals surface area contributed by atoms with E-state index in [0.29, 0.717) is 6.42 Å². The second kappa shape index (κ2) is 7.65. The summed E-state index contributed by atoms with van der Waals surface area (Å²) >= 11 is 0. The minimum absolute atomic E-state index is 0.0381. The molecule has 104 valence electrons. The molecule has 0 aliphatic rings. The van der Waals surface area contributed by atoms with E-state index in [4.69, 9.17) is 16.6 Å². The standard InChI is InChI=1S/C11H21N3O4/c1-3-6(2)9(13)10(16)14-7(11(17)18)4-5-8(12)15/h6-7,9H,3-5,13H2,1-2H3,(H2,12,15)(H,14,16)(H,17,18)/t6?,7-,9?/m1/s1. The van der Waals surface area contributed by atoms with E-state index in [-0.39, 0.29) is 18.8 Å². The highest BCUT2D eigenvalue weighted by atomic mass is 16.4. The van der Waals surface area contributed by atoms with Crippen LogP contribution in [0.5, 0.6) is 0 Å². The Morgan fingerprint density at radius 3 is 2.28 bits per heavy atom. The first-order valence-electron chi connectivity index (χ1n) is 5.86. The van der Waals surface area contributed by atoms with E-state index in [2.05, 4.69) is 5.32 Å². The van der Waals surface area contributed by atoms with Gasteiger partial charge in [0.05, 0.1) is 6.04 Å². The summed E-state index contributed by atoms with van der Waals surface area (Å²) in [6.07, 6.45) is 0.576. The minimum atomic E-state index is -1.21. The molecule has 0 saturated heterocycles. The maximum absolute atomic E-state index is 11.7. The Morgan fingerprint density at radius 2 is 1.89 bits per heavy atom. The van der Waals surface area contributed by atoms with Gasteiger partial charge in [0.1, 0.15) is 6.04 Å². The Kier molecular flexibility index (Phi) is 6.96. The molecule has 7 nitrogen and oxygen atoms in total. The molecular formula is C11H21N3O4. The summed E-state index contributed by atoms with van der Waals surface area (Å²) in [6.45, 7) is 3.70. The zero-order chi connectivity index (χ0) is 14.3. The van der Waals surface area contributed by atoms with Gasteiger partial charge in [-0.2, -0.15) is 0 Å². The second-order valence-corrected chi connectivity index (χ2v) is 4.32. The van der Waals surface area contributed by atoms with Gasteiger partial charge >= 0.3 is 5.97 Å². The second-order valence-electron chi connectivity index (χ2n) is 4.32. The quantitative estimate of drug-likeness (QED) is 0.452. The van der Waals surface area contributed by atoms with E-state index < -0.39 is 29.9 Å². The molecule has 0 bridgehead atoms. The van der Waals surface area contributed by atoms with Gasteiger partial charge in [-0.05, 0) is 12.3 Å². The number of aliphatic carboxylic acids is 1. The van der Waals surface area contributed by atoms with E-state index >= 15 is 0 Å². The molecule has 2 amide bonds. The number of amides is 2. The van der Waals surface area contributed by atoms with Crippen LogP contribution in [0.1, 0.15) is 33.1 Å². The van der Waals surface area contributed by atoms with Crippen LogP contribution in [-0.4, -0.2) is 35.0 Å². The third-order valence-electron chi connectivity index (χ3n) is 2.85. The molecule has 0 aliphatic carbocycles. The monoisotopic (exact) mass is 259 g/mol. The smallest absolute Gasteiger partial charge is 0.326 e. The predicted molar refractivity (Wildman–Crippen MR) is 65.4 cm³/mol. The van der Waals surface area contributed by atoms with Crippen molar-refractivity contribution in [3.05, 3.63) is 0 Å². The average Bonchev–Trinajstić information content (AvgIpc) is 2.31. The molecule has 3 atom stereocenters. The third kappa shape index (κ3) is 5.62. The van der Waals surface area contributed by atoms with Gasteiger partial charge in [-0.25, -0.2) is 4.79 Å². The average molecular weight is 259 g/mol. The van der Waals surface area contributed by atoms with E-state index in [9.17, 15) is 14.4 Å². The zero-order valence-electron chi connectivity index (χ0n) is 10.7. The van der Waals surface area contributed by atoms with E-state index in [1.165, 1.54) is 0 Å². The van der Waals surface area contributed by atoms with Crippen molar-refractivity contribution < 1.29 is 19.5 Å². The molecule has 18 heavy (non-hydrogen) atoms. The van der Waals surface area contributed by atoms with E-state index in [1.54, 1.807) is 0 Å². The first-order chi connectivity index (χ1) is 8.29. The molecule has 2 unspecified atom stereocenters. The number of primary amides is 1. The summed E-state index contributed by atoms with van der Waals surface area (Å²) in [5, 5.41) is 11.2. The molecule has 0 heterocycles. The lowest BCUT2D eigenvalue weighted by molar-refractivity contribution is -0.142. The third-order valence-corrected chi connectivity index (χ3v) is 2.85. The van der Waals surface area contributed by atoms with Crippen molar-refractivity contribution in [2.24, 2.45) is 17.4 Å². The number of carbonyl (C=O) groups excluding carboxylic acids is 2. The van der Waals surface area contributed by atoms with Gasteiger partial charge in [-0.3, -0.25) is 9.59 Å². The first-order valence-corrected chi connectivity index (χ1v) is 5.86. The van der Waals surface area contributed by atoms with Crippen molar-refractivity contribution >= 4 is 17.8 Å². The maximum atomic E-state index is 11.7. The number of hydrogen-bond donors (Lipinski definition) is 4. The molecule has 0 aromatic rings. The molecule has 0 spiro atoms. The van der Waals surface area contributed by atoms with Crippen LogP contribution >= 0.6 is 0 Å². The summed E-state index contributed by atoms with van der Waals surface area (Å²) in [5.41, 5.74) is 10.6. The molecule has 0 saturated carbocycles. The summed E-state index contributed by atoms with van der Waals surface area (Å²) < 4.78 is 0. The Morgan fingerprint density at radius 1 is 1.33 bits per heavy atom. The molecule has 0 fully saturated rings. The summed E-state index contributed by atoms with van der Waals surface area (Å²) in [6, 6.07) is -1.90. The number of hydrogen-bond acceptors (Lipinski definition) is 4. The summed E-state index contributed by atoms with van der Waals surface area (Å²) in [5.74, 6) is -2.39. The van der Waals surface area contributed by atoms with E-state index in [1.807, 2.05) is 13.8 Å². The lowest BCUT2D eigenvalue weighted by Gasteiger charge is -2.20. The van der Waals surface area contributed by atoms with Gasteiger partial charge in [0.15, 0.2) is 0 Å². The largest absolute Gasteiger partial charge is 0.480 e. The Balaban J connectivity index is 4.45. The van der Waals surface area contributed by atoms with Gasteiger partial charge in [0.2, 0.25) is 11.8 Å². The fourth-order valence-electron chi connectivity index (χ4n) is 1.32. The topological polar surface area (TPSA) is 136 Å². The van der Waals surface area contributed by atoms with E-state index in [0.717, 1.165) is 0 Å². The molecule has 7 heteroatoms. The van der Waals surface area contributed by atoms with Crippen LogP contribution in [0.25, 0.3) is 0 Å². The molecular weight excluding hydrogens is 238 g/mol. The lowest BCUT2D eigenvalue weighted by Crippen LogP contribution is -2.50. The van der Waals surface area contributed by atoms with Crippen molar-refractivity contribution in [3.63, 3.8) is 0 Å². The van der Waals surface area contributed by atoms with Crippen LogP contribution in [-0.2, 0) is 14.4 Å². The Labute approximate surface area is 106 Å². The van der Waals surface area contributed by atoms with Crippen molar-refractivity contribution in [1.29, 1.82) is 0 Å². The molecule has 6 N–H and O–H groups in total. The number of nitrogens with two attached hydrogens (primary N) is 2. The number of rotatable bonds is 8. The maximum Gasteiger partial charge on any atom is 0.326 e. The number of carbonyl (C=O) groups is 3. The molecule has 0 aromatic carbocycles. The number of carboxylic acids is 1. The van der Waals surface area contributed by atoms with Gasteiger partial charge < -0.3 is 21.9 Å². The summed E-state index contributed by atoms with van der Waals surface area (Å²) in [4.78, 5) is 33.2. The van der Waals surface area contributed by atoms with Crippen molar-refractivity contribution in [1.82, 2.24) is 5.32 Å². The van der Waals surface area contributed by atoms with Crippen LogP contribution < -0.4 is 16.8 Å². The van der Waals surface area contributed by atoms with Crippen LogP contribution in [0.3, 0.4) is 0 Å². The highest BCUT2D eigenvalue weighted by Gasteiger charge is 2.25. The Hall–Kier alpha value is -1.63. The fraction of sp³-hybridized carbons (Fsp3) is 0.727. The van der Waals surface area contributed by atoms with Crippen molar-refractivity contribution in [2.45, 2.75) is 45.2 Å². The van der Waals surface area contributed by atoms with Crippen LogP contribution in [0, 0.1) is 5.92 Å². The molecule has 0 aliphatic heterocycles. The summed E-state index contributed by atoms with van der Waals surface area (Å²) in [7, 11) is 0.